The zero-order valence-electron chi connectivity index (χ0n) is 13.7. The molecule has 0 bridgehead atoms. The minimum atomic E-state index is -0.328. The van der Waals surface area contributed by atoms with Gasteiger partial charge in [0.1, 0.15) is 0 Å². The Bertz CT molecular complexity index is 609. The van der Waals surface area contributed by atoms with Gasteiger partial charge in [-0.15, -0.1) is 0 Å². The fourth-order valence-electron chi connectivity index (χ4n) is 3.80. The summed E-state index contributed by atoms with van der Waals surface area (Å²) >= 11 is 12.2. The lowest BCUT2D eigenvalue weighted by Gasteiger charge is -2.29. The molecule has 1 unspecified atom stereocenters. The minimum absolute atomic E-state index is 0.185. The second-order valence-electron chi connectivity index (χ2n) is 7.65. The molecule has 1 aromatic carbocycles. The summed E-state index contributed by atoms with van der Waals surface area (Å²) in [7, 11) is 0. The van der Waals surface area contributed by atoms with E-state index >= 15 is 0 Å². The smallest absolute Gasteiger partial charge is 0.224 e. The van der Waals surface area contributed by atoms with Gasteiger partial charge in [-0.05, 0) is 75.7 Å². The zero-order chi connectivity index (χ0) is 16.7. The maximum atomic E-state index is 12.6. The predicted octanol–water partition coefficient (Wildman–Crippen LogP) is 3.82. The van der Waals surface area contributed by atoms with E-state index in [0.717, 1.165) is 37.9 Å². The Hall–Kier alpha value is -0.770. The van der Waals surface area contributed by atoms with Crippen LogP contribution >= 0.6 is 23.2 Å². The van der Waals surface area contributed by atoms with Crippen molar-refractivity contribution < 1.29 is 4.79 Å². The topological polar surface area (TPSA) is 41.1 Å². The number of carbonyl (C=O) groups is 1. The molecule has 2 fully saturated rings. The summed E-state index contributed by atoms with van der Waals surface area (Å²) in [5, 5.41) is 7.89. The molecule has 0 radical (unpaired) electrons. The molecule has 3 nitrogen and oxygen atoms in total. The highest BCUT2D eigenvalue weighted by Crippen LogP contribution is 2.58. The fraction of sp³-hybridized carbons (Fsp3) is 0.611. The largest absolute Gasteiger partial charge is 0.351 e. The van der Waals surface area contributed by atoms with E-state index in [9.17, 15) is 4.79 Å². The van der Waals surface area contributed by atoms with Crippen molar-refractivity contribution >= 4 is 29.1 Å². The lowest BCUT2D eigenvalue weighted by Crippen LogP contribution is -2.46. The molecule has 1 aliphatic carbocycles. The first-order valence-electron chi connectivity index (χ1n) is 8.28. The number of benzene rings is 1. The van der Waals surface area contributed by atoms with Crippen LogP contribution in [0.1, 0.15) is 38.7 Å². The SMILES string of the molecule is CC(C)(Cc1ccc(Cl)cc1Cl)NC(=O)C1CC12CCNCC2. The van der Waals surface area contributed by atoms with Crippen LogP contribution in [-0.2, 0) is 11.2 Å². The van der Waals surface area contributed by atoms with Crippen LogP contribution in [0.5, 0.6) is 0 Å². The van der Waals surface area contributed by atoms with Crippen molar-refractivity contribution in [2.75, 3.05) is 13.1 Å². The molecule has 1 saturated heterocycles. The molecule has 1 atom stereocenters. The molecule has 1 heterocycles. The third-order valence-electron chi connectivity index (χ3n) is 5.21. The molecule has 5 heteroatoms. The monoisotopic (exact) mass is 354 g/mol. The number of amides is 1. The van der Waals surface area contributed by atoms with Gasteiger partial charge < -0.3 is 10.6 Å². The first-order chi connectivity index (χ1) is 10.8. The van der Waals surface area contributed by atoms with E-state index in [1.54, 1.807) is 6.07 Å². The van der Waals surface area contributed by atoms with Gasteiger partial charge in [-0.2, -0.15) is 0 Å². The Balaban J connectivity index is 1.61. The molecule has 1 saturated carbocycles. The number of hydrogen-bond donors (Lipinski definition) is 2. The zero-order valence-corrected chi connectivity index (χ0v) is 15.2. The average Bonchev–Trinajstić information content (AvgIpc) is 3.16. The second kappa shape index (κ2) is 6.27. The van der Waals surface area contributed by atoms with Crippen molar-refractivity contribution in [1.29, 1.82) is 0 Å². The molecule has 126 valence electrons. The Morgan fingerprint density at radius 2 is 2.04 bits per heavy atom. The average molecular weight is 355 g/mol. The van der Waals surface area contributed by atoms with Gasteiger partial charge in [-0.1, -0.05) is 29.3 Å². The summed E-state index contributed by atoms with van der Waals surface area (Å²) in [5.74, 6) is 0.381. The number of rotatable bonds is 4. The van der Waals surface area contributed by atoms with E-state index < -0.39 is 0 Å². The molecule has 3 rings (SSSR count). The van der Waals surface area contributed by atoms with E-state index in [1.807, 2.05) is 26.0 Å². The molecular weight excluding hydrogens is 331 g/mol. The van der Waals surface area contributed by atoms with Gasteiger partial charge in [0.05, 0.1) is 0 Å². The third kappa shape index (κ3) is 3.84. The lowest BCUT2D eigenvalue weighted by atomic mass is 9.90. The maximum Gasteiger partial charge on any atom is 0.224 e. The van der Waals surface area contributed by atoms with Crippen LogP contribution in [0.25, 0.3) is 0 Å². The van der Waals surface area contributed by atoms with Gasteiger partial charge in [0.15, 0.2) is 0 Å². The van der Waals surface area contributed by atoms with Crippen LogP contribution in [0, 0.1) is 11.3 Å². The molecule has 1 spiro atoms. The number of hydrogen-bond acceptors (Lipinski definition) is 2. The summed E-state index contributed by atoms with van der Waals surface area (Å²) in [5.41, 5.74) is 0.947. The maximum absolute atomic E-state index is 12.6. The quantitative estimate of drug-likeness (QED) is 0.862. The number of halogens is 2. The first-order valence-corrected chi connectivity index (χ1v) is 9.04. The summed E-state index contributed by atoms with van der Waals surface area (Å²) in [4.78, 5) is 12.6. The van der Waals surface area contributed by atoms with Gasteiger partial charge in [-0.25, -0.2) is 0 Å². The minimum Gasteiger partial charge on any atom is -0.351 e. The molecule has 23 heavy (non-hydrogen) atoms. The van der Waals surface area contributed by atoms with Crippen LogP contribution < -0.4 is 10.6 Å². The van der Waals surface area contributed by atoms with Gasteiger partial charge in [-0.3, -0.25) is 4.79 Å². The van der Waals surface area contributed by atoms with Crippen molar-refractivity contribution in [1.82, 2.24) is 10.6 Å². The van der Waals surface area contributed by atoms with E-state index in [-0.39, 0.29) is 22.8 Å². The van der Waals surface area contributed by atoms with Crippen molar-refractivity contribution in [2.24, 2.45) is 11.3 Å². The Labute approximate surface area is 148 Å². The van der Waals surface area contributed by atoms with Crippen LogP contribution in [0.15, 0.2) is 18.2 Å². The highest BCUT2D eigenvalue weighted by Gasteiger charge is 2.58. The van der Waals surface area contributed by atoms with E-state index in [1.165, 1.54) is 0 Å². The highest BCUT2D eigenvalue weighted by atomic mass is 35.5. The Morgan fingerprint density at radius 3 is 2.70 bits per heavy atom. The molecule has 1 aromatic rings. The molecule has 1 amide bonds. The molecule has 0 aromatic heterocycles. The second-order valence-corrected chi connectivity index (χ2v) is 8.50. The van der Waals surface area contributed by atoms with Gasteiger partial charge in [0.2, 0.25) is 5.91 Å². The highest BCUT2D eigenvalue weighted by molar-refractivity contribution is 6.35. The van der Waals surface area contributed by atoms with E-state index in [4.69, 9.17) is 23.2 Å². The van der Waals surface area contributed by atoms with Crippen LogP contribution in [0.3, 0.4) is 0 Å². The number of piperidine rings is 1. The Morgan fingerprint density at radius 1 is 1.35 bits per heavy atom. The molecular formula is C18H24Cl2N2O. The van der Waals surface area contributed by atoms with Crippen molar-refractivity contribution in [3.05, 3.63) is 33.8 Å². The van der Waals surface area contributed by atoms with Gasteiger partial charge in [0, 0.05) is 21.5 Å². The van der Waals surface area contributed by atoms with E-state index in [2.05, 4.69) is 10.6 Å². The summed E-state index contributed by atoms with van der Waals surface area (Å²) < 4.78 is 0. The number of carbonyl (C=O) groups excluding carboxylic acids is 1. The molecule has 2 aliphatic rings. The van der Waals surface area contributed by atoms with Crippen molar-refractivity contribution in [2.45, 2.75) is 45.1 Å². The lowest BCUT2D eigenvalue weighted by molar-refractivity contribution is -0.124. The van der Waals surface area contributed by atoms with Crippen molar-refractivity contribution in [3.63, 3.8) is 0 Å². The van der Waals surface area contributed by atoms with Gasteiger partial charge in [0.25, 0.3) is 0 Å². The standard InChI is InChI=1S/C18H24Cl2N2O/c1-17(2,10-12-3-4-13(19)9-15(12)20)22-16(23)14-11-18(14)5-7-21-8-6-18/h3-4,9,14,21H,5-8,10-11H2,1-2H3,(H,22,23). The Kier molecular flexibility index (Phi) is 4.65. The van der Waals surface area contributed by atoms with Gasteiger partial charge >= 0.3 is 0 Å². The number of nitrogens with one attached hydrogen (secondary N) is 2. The van der Waals surface area contributed by atoms with E-state index in [0.29, 0.717) is 16.5 Å². The van der Waals surface area contributed by atoms with Crippen LogP contribution in [0.4, 0.5) is 0 Å². The molecule has 1 aliphatic heterocycles. The third-order valence-corrected chi connectivity index (χ3v) is 5.80. The molecule has 2 N–H and O–H groups in total. The normalized spacial score (nSPS) is 22.9. The summed E-state index contributed by atoms with van der Waals surface area (Å²) in [6.07, 6.45) is 3.97. The van der Waals surface area contributed by atoms with Crippen molar-refractivity contribution in [3.8, 4) is 0 Å². The first kappa shape index (κ1) is 17.1. The van der Waals surface area contributed by atoms with Crippen LogP contribution in [0.2, 0.25) is 10.0 Å². The van der Waals surface area contributed by atoms with Crippen LogP contribution in [-0.4, -0.2) is 24.5 Å². The summed E-state index contributed by atoms with van der Waals surface area (Å²) in [6.45, 7) is 6.17. The summed E-state index contributed by atoms with van der Waals surface area (Å²) in [6, 6.07) is 5.52. The predicted molar refractivity (Wildman–Crippen MR) is 95.0 cm³/mol. The fourth-order valence-corrected chi connectivity index (χ4v) is 4.28.